The fraction of sp³-hybridized carbons (Fsp3) is 0.708. The zero-order valence-corrected chi connectivity index (χ0v) is 18.8. The molecule has 0 aromatic carbocycles. The van der Waals surface area contributed by atoms with Crippen LogP contribution in [-0.2, 0) is 23.8 Å². The van der Waals surface area contributed by atoms with Gasteiger partial charge in [0.15, 0.2) is 11.8 Å². The fourth-order valence-electron chi connectivity index (χ4n) is 7.23. The van der Waals surface area contributed by atoms with Gasteiger partial charge in [0, 0.05) is 20.9 Å². The van der Waals surface area contributed by atoms with E-state index in [0.717, 1.165) is 5.57 Å². The molecule has 4 aliphatic rings. The molecule has 3 fully saturated rings. The van der Waals surface area contributed by atoms with E-state index < -0.39 is 54.1 Å². The van der Waals surface area contributed by atoms with Crippen molar-refractivity contribution in [2.75, 3.05) is 12.6 Å². The topological polar surface area (TPSA) is 99.1 Å². The summed E-state index contributed by atoms with van der Waals surface area (Å²) in [5.41, 5.74) is -2.71. The van der Waals surface area contributed by atoms with E-state index in [1.54, 1.807) is 13.0 Å². The van der Waals surface area contributed by atoms with Crippen LogP contribution >= 0.6 is 11.6 Å². The van der Waals surface area contributed by atoms with E-state index in [4.69, 9.17) is 27.9 Å². The van der Waals surface area contributed by atoms with Crippen molar-refractivity contribution in [3.8, 4) is 0 Å². The minimum atomic E-state index is -3.36. The summed E-state index contributed by atoms with van der Waals surface area (Å²) in [5.74, 6) is -1.59. The molecule has 0 saturated heterocycles. The molecule has 176 valence electrons. The lowest BCUT2D eigenvalue weighted by Crippen LogP contribution is -2.62. The second-order valence-corrected chi connectivity index (χ2v) is 9.89. The van der Waals surface area contributed by atoms with E-state index >= 15 is 0 Å². The van der Waals surface area contributed by atoms with Crippen LogP contribution in [0.1, 0.15) is 59.7 Å². The first kappa shape index (κ1) is 17.6. The van der Waals surface area contributed by atoms with Crippen molar-refractivity contribution < 1.29 is 40.6 Å². The first-order valence-electron chi connectivity index (χ1n) is 13.3. The summed E-state index contributed by atoms with van der Waals surface area (Å²) < 4.78 is 52.2. The van der Waals surface area contributed by atoms with Crippen molar-refractivity contribution >= 4 is 29.5 Å². The molecular formula is C24H31ClO7. The van der Waals surface area contributed by atoms with Crippen LogP contribution in [0, 0.1) is 28.6 Å². The average molecular weight is 472 g/mol. The SMILES string of the molecule is [2H]C([2H])([2H])C([2H])([2H])OC(=O)O[C@]1(C(=O)OCCl)CC[C@H]2[C@@H]3CCC4=CC(=O)C=C[C@]4(C)C3[C@@H](O)C[C@@]21C. The van der Waals surface area contributed by atoms with Crippen LogP contribution in [0.15, 0.2) is 23.8 Å². The van der Waals surface area contributed by atoms with Gasteiger partial charge in [0.1, 0.15) is 0 Å². The van der Waals surface area contributed by atoms with E-state index in [9.17, 15) is 19.5 Å². The standard InChI is InChI=1S/C24H31ClO7/c1-4-30-21(29)32-24(20(28)31-13-25)10-8-17-16-6-5-14-11-15(26)7-9-22(14,2)19(16)18(27)12-23(17,24)3/h7,9,11,16-19,27H,4-6,8,10,12-13H2,1-3H3/t16-,17-,18-,19?,22-,23-,24-/m0/s1/i1D3,4D2. The van der Waals surface area contributed by atoms with Gasteiger partial charge in [0.25, 0.3) is 0 Å². The number of ketones is 1. The molecular weight excluding hydrogens is 436 g/mol. The third kappa shape index (κ3) is 3.23. The zero-order valence-electron chi connectivity index (χ0n) is 23.1. The monoisotopic (exact) mass is 471 g/mol. The average Bonchev–Trinajstić information content (AvgIpc) is 3.05. The highest BCUT2D eigenvalue weighted by Gasteiger charge is 2.71. The molecule has 0 aromatic rings. The van der Waals surface area contributed by atoms with Crippen LogP contribution in [0.4, 0.5) is 4.79 Å². The third-order valence-corrected chi connectivity index (χ3v) is 8.63. The predicted molar refractivity (Wildman–Crippen MR) is 116 cm³/mol. The van der Waals surface area contributed by atoms with Crippen molar-refractivity contribution in [2.45, 2.75) is 64.5 Å². The van der Waals surface area contributed by atoms with Gasteiger partial charge in [-0.25, -0.2) is 9.59 Å². The molecule has 3 saturated carbocycles. The Morgan fingerprint density at radius 2 is 2.12 bits per heavy atom. The molecule has 0 bridgehead atoms. The highest BCUT2D eigenvalue weighted by molar-refractivity contribution is 6.17. The second kappa shape index (κ2) is 8.17. The van der Waals surface area contributed by atoms with E-state index in [-0.39, 0.29) is 36.4 Å². The smallest absolute Gasteiger partial charge is 0.446 e. The summed E-state index contributed by atoms with van der Waals surface area (Å²) in [6.07, 6.45) is 4.15. The third-order valence-electron chi connectivity index (χ3n) is 8.52. The quantitative estimate of drug-likeness (QED) is 0.490. The number of carbonyl (C=O) groups is 3. The number of ether oxygens (including phenoxy) is 3. The summed E-state index contributed by atoms with van der Waals surface area (Å²) in [4.78, 5) is 38.1. The van der Waals surface area contributed by atoms with Crippen LogP contribution < -0.4 is 0 Å². The molecule has 4 aliphatic carbocycles. The van der Waals surface area contributed by atoms with Gasteiger partial charge < -0.3 is 19.3 Å². The van der Waals surface area contributed by atoms with Crippen molar-refractivity contribution in [1.82, 2.24) is 0 Å². The Kier molecular flexibility index (Phi) is 4.49. The Bertz CT molecular complexity index is 1060. The van der Waals surface area contributed by atoms with Crippen LogP contribution in [0.2, 0.25) is 0 Å². The number of aliphatic hydroxyl groups is 1. The number of carbonyl (C=O) groups excluding carboxylic acids is 3. The maximum absolute atomic E-state index is 13.3. The van der Waals surface area contributed by atoms with E-state index in [0.29, 0.717) is 19.3 Å². The number of allylic oxidation sites excluding steroid dienone is 4. The number of hydrogen-bond acceptors (Lipinski definition) is 7. The summed E-state index contributed by atoms with van der Waals surface area (Å²) in [5, 5.41) is 11.5. The molecule has 7 atom stereocenters. The van der Waals surface area contributed by atoms with Crippen LogP contribution in [0.25, 0.3) is 0 Å². The molecule has 1 N–H and O–H groups in total. The first-order chi connectivity index (χ1) is 17.0. The minimum absolute atomic E-state index is 0.000563. The number of rotatable bonds is 4. The summed E-state index contributed by atoms with van der Waals surface area (Å²) >= 11 is 5.67. The summed E-state index contributed by atoms with van der Waals surface area (Å²) in [6.45, 7) is -2.93. The van der Waals surface area contributed by atoms with Gasteiger partial charge >= 0.3 is 12.1 Å². The van der Waals surface area contributed by atoms with Crippen LogP contribution in [0.3, 0.4) is 0 Å². The Labute approximate surface area is 200 Å². The van der Waals surface area contributed by atoms with Crippen molar-refractivity contribution in [2.24, 2.45) is 28.6 Å². The largest absolute Gasteiger partial charge is 0.509 e. The highest BCUT2D eigenvalue weighted by atomic mass is 35.5. The Hall–Kier alpha value is -1.86. The maximum Gasteiger partial charge on any atom is 0.509 e. The van der Waals surface area contributed by atoms with Gasteiger partial charge in [-0.3, -0.25) is 4.79 Å². The van der Waals surface area contributed by atoms with Crippen LogP contribution in [-0.4, -0.2) is 47.3 Å². The molecule has 7 nitrogen and oxygen atoms in total. The van der Waals surface area contributed by atoms with E-state index in [2.05, 4.69) is 4.74 Å². The number of esters is 1. The minimum Gasteiger partial charge on any atom is -0.446 e. The van der Waals surface area contributed by atoms with E-state index in [1.807, 2.05) is 13.0 Å². The van der Waals surface area contributed by atoms with Crippen molar-refractivity contribution in [3.63, 3.8) is 0 Å². The van der Waals surface area contributed by atoms with Gasteiger partial charge in [-0.1, -0.05) is 37.1 Å². The Morgan fingerprint density at radius 1 is 1.34 bits per heavy atom. The molecule has 0 spiro atoms. The second-order valence-electron chi connectivity index (χ2n) is 9.67. The summed E-state index contributed by atoms with van der Waals surface area (Å²) in [6, 6.07) is -0.532. The van der Waals surface area contributed by atoms with Crippen molar-refractivity contribution in [1.29, 1.82) is 0 Å². The number of alkyl halides is 1. The highest BCUT2D eigenvalue weighted by Crippen LogP contribution is 2.68. The van der Waals surface area contributed by atoms with E-state index in [1.165, 1.54) is 6.08 Å². The van der Waals surface area contributed by atoms with Gasteiger partial charge in [-0.2, -0.15) is 0 Å². The van der Waals surface area contributed by atoms with Gasteiger partial charge in [-0.15, -0.1) is 0 Å². The lowest BCUT2D eigenvalue weighted by Gasteiger charge is -2.59. The number of fused-ring (bicyclic) bond motifs is 5. The molecule has 0 aliphatic heterocycles. The summed E-state index contributed by atoms with van der Waals surface area (Å²) in [7, 11) is 0. The van der Waals surface area contributed by atoms with Crippen LogP contribution in [0.5, 0.6) is 0 Å². The molecule has 0 amide bonds. The molecule has 32 heavy (non-hydrogen) atoms. The molecule has 4 rings (SSSR count). The molecule has 1 unspecified atom stereocenters. The maximum atomic E-state index is 13.3. The number of aliphatic hydroxyl groups excluding tert-OH is 1. The lowest BCUT2D eigenvalue weighted by molar-refractivity contribution is -0.199. The fourth-order valence-corrected chi connectivity index (χ4v) is 7.33. The molecule has 0 radical (unpaired) electrons. The predicted octanol–water partition coefficient (Wildman–Crippen LogP) is 3.92. The van der Waals surface area contributed by atoms with Gasteiger partial charge in [0.2, 0.25) is 5.60 Å². The molecule has 8 heteroatoms. The Balaban J connectivity index is 1.70. The van der Waals surface area contributed by atoms with Gasteiger partial charge in [-0.05, 0) is 62.9 Å². The number of halogens is 1. The number of hydrogen-bond donors (Lipinski definition) is 1. The first-order valence-corrected chi connectivity index (χ1v) is 11.3. The Morgan fingerprint density at radius 3 is 2.84 bits per heavy atom. The molecule has 0 aromatic heterocycles. The lowest BCUT2D eigenvalue weighted by atomic mass is 9.46. The normalized spacial score (nSPS) is 45.4. The molecule has 0 heterocycles. The van der Waals surface area contributed by atoms with Gasteiger partial charge in [0.05, 0.1) is 15.4 Å². The zero-order chi connectivity index (χ0) is 27.6. The van der Waals surface area contributed by atoms with Crippen molar-refractivity contribution in [3.05, 3.63) is 23.8 Å².